The van der Waals surface area contributed by atoms with Gasteiger partial charge < -0.3 is 10.2 Å². The average Bonchev–Trinajstić information content (AvgIpc) is 2.47. The van der Waals surface area contributed by atoms with Gasteiger partial charge in [-0.1, -0.05) is 20.8 Å². The molecular formula is C16H31N3O. The summed E-state index contributed by atoms with van der Waals surface area (Å²) in [6, 6.07) is 1.07. The molecule has 0 aromatic carbocycles. The third-order valence-corrected chi connectivity index (χ3v) is 5.05. The molecule has 116 valence electrons. The van der Waals surface area contributed by atoms with E-state index in [2.05, 4.69) is 35.9 Å². The monoisotopic (exact) mass is 281 g/mol. The number of nitrogens with zero attached hydrogens (tertiary/aromatic N) is 2. The van der Waals surface area contributed by atoms with Crippen LogP contribution < -0.4 is 5.32 Å². The smallest absolute Gasteiger partial charge is 0.236 e. The van der Waals surface area contributed by atoms with Gasteiger partial charge in [0.2, 0.25) is 5.91 Å². The van der Waals surface area contributed by atoms with E-state index in [4.69, 9.17) is 0 Å². The van der Waals surface area contributed by atoms with Crippen LogP contribution in [0.1, 0.15) is 46.5 Å². The molecule has 0 bridgehead atoms. The highest BCUT2D eigenvalue weighted by Gasteiger charge is 2.29. The topological polar surface area (TPSA) is 35.6 Å². The van der Waals surface area contributed by atoms with E-state index in [0.29, 0.717) is 24.5 Å². The van der Waals surface area contributed by atoms with E-state index >= 15 is 0 Å². The second-order valence-corrected chi connectivity index (χ2v) is 6.57. The highest BCUT2D eigenvalue weighted by atomic mass is 16.2. The standard InChI is InChI=1S/C16H31N3O/c1-4-14-11-19(15(5-2)10-17-14)12-16(20)18-8-6-13(3)7-9-18/h13-15,17H,4-12H2,1-3H3. The van der Waals surface area contributed by atoms with Crippen molar-refractivity contribution < 1.29 is 4.79 Å². The molecule has 0 aromatic rings. The summed E-state index contributed by atoms with van der Waals surface area (Å²) in [7, 11) is 0. The Kier molecular flexibility index (Phi) is 5.85. The molecule has 1 amide bonds. The largest absolute Gasteiger partial charge is 0.342 e. The van der Waals surface area contributed by atoms with Gasteiger partial charge in [0, 0.05) is 38.3 Å². The van der Waals surface area contributed by atoms with E-state index in [1.807, 2.05) is 0 Å². The highest BCUT2D eigenvalue weighted by molar-refractivity contribution is 5.78. The Morgan fingerprint density at radius 2 is 1.90 bits per heavy atom. The van der Waals surface area contributed by atoms with Crippen LogP contribution in [0.5, 0.6) is 0 Å². The lowest BCUT2D eigenvalue weighted by Crippen LogP contribution is -2.58. The van der Waals surface area contributed by atoms with Gasteiger partial charge in [0.15, 0.2) is 0 Å². The number of carbonyl (C=O) groups is 1. The van der Waals surface area contributed by atoms with Gasteiger partial charge in [0.25, 0.3) is 0 Å². The Labute approximate surface area is 123 Å². The van der Waals surface area contributed by atoms with Crippen molar-refractivity contribution in [1.29, 1.82) is 0 Å². The van der Waals surface area contributed by atoms with Crippen molar-refractivity contribution in [3.8, 4) is 0 Å². The van der Waals surface area contributed by atoms with Crippen molar-refractivity contribution in [3.63, 3.8) is 0 Å². The molecule has 0 aliphatic carbocycles. The number of carbonyl (C=O) groups excluding carboxylic acids is 1. The Hall–Kier alpha value is -0.610. The summed E-state index contributed by atoms with van der Waals surface area (Å²) in [6.07, 6.45) is 4.60. The lowest BCUT2D eigenvalue weighted by Gasteiger charge is -2.41. The van der Waals surface area contributed by atoms with Crippen molar-refractivity contribution in [1.82, 2.24) is 15.1 Å². The molecule has 0 radical (unpaired) electrons. The molecule has 4 nitrogen and oxygen atoms in total. The van der Waals surface area contributed by atoms with E-state index in [9.17, 15) is 4.79 Å². The molecule has 2 fully saturated rings. The van der Waals surface area contributed by atoms with Gasteiger partial charge in [-0.25, -0.2) is 0 Å². The van der Waals surface area contributed by atoms with Gasteiger partial charge in [-0.3, -0.25) is 9.69 Å². The maximum absolute atomic E-state index is 12.5. The first-order valence-corrected chi connectivity index (χ1v) is 8.39. The van der Waals surface area contributed by atoms with Gasteiger partial charge in [-0.05, 0) is 31.6 Å². The molecule has 4 heteroatoms. The van der Waals surface area contributed by atoms with Gasteiger partial charge in [0.1, 0.15) is 0 Å². The minimum Gasteiger partial charge on any atom is -0.342 e. The second kappa shape index (κ2) is 7.41. The number of piperazine rings is 1. The van der Waals surface area contributed by atoms with Crippen LogP contribution in [0.15, 0.2) is 0 Å². The first-order valence-electron chi connectivity index (χ1n) is 8.39. The lowest BCUT2D eigenvalue weighted by molar-refractivity contribution is -0.134. The van der Waals surface area contributed by atoms with Crippen LogP contribution in [0.25, 0.3) is 0 Å². The van der Waals surface area contributed by atoms with E-state index in [-0.39, 0.29) is 0 Å². The molecule has 0 saturated carbocycles. The third-order valence-electron chi connectivity index (χ3n) is 5.05. The van der Waals surface area contributed by atoms with E-state index in [1.165, 1.54) is 12.8 Å². The molecule has 0 aromatic heterocycles. The van der Waals surface area contributed by atoms with Crippen molar-refractivity contribution in [3.05, 3.63) is 0 Å². The zero-order chi connectivity index (χ0) is 14.5. The Morgan fingerprint density at radius 1 is 1.20 bits per heavy atom. The molecule has 1 N–H and O–H groups in total. The van der Waals surface area contributed by atoms with Gasteiger partial charge >= 0.3 is 0 Å². The van der Waals surface area contributed by atoms with Crippen LogP contribution in [0, 0.1) is 5.92 Å². The molecule has 2 heterocycles. The number of amides is 1. The van der Waals surface area contributed by atoms with Crippen LogP contribution in [-0.4, -0.2) is 60.5 Å². The molecular weight excluding hydrogens is 250 g/mol. The zero-order valence-corrected chi connectivity index (χ0v) is 13.4. The molecule has 2 saturated heterocycles. The summed E-state index contributed by atoms with van der Waals surface area (Å²) in [6.45, 7) is 11.3. The number of likely N-dealkylation sites (tertiary alicyclic amines) is 1. The van der Waals surface area contributed by atoms with Crippen molar-refractivity contribution >= 4 is 5.91 Å². The summed E-state index contributed by atoms with van der Waals surface area (Å²) in [5.74, 6) is 1.12. The fourth-order valence-corrected chi connectivity index (χ4v) is 3.33. The number of hydrogen-bond donors (Lipinski definition) is 1. The molecule has 2 aliphatic rings. The Balaban J connectivity index is 1.87. The van der Waals surface area contributed by atoms with Crippen LogP contribution >= 0.6 is 0 Å². The molecule has 2 rings (SSSR count). The van der Waals surface area contributed by atoms with Crippen LogP contribution in [0.4, 0.5) is 0 Å². The predicted octanol–water partition coefficient (Wildman–Crippen LogP) is 1.71. The normalized spacial score (nSPS) is 29.6. The van der Waals surface area contributed by atoms with Gasteiger partial charge in [-0.15, -0.1) is 0 Å². The number of piperidine rings is 1. The first kappa shape index (κ1) is 15.8. The van der Waals surface area contributed by atoms with Gasteiger partial charge in [-0.2, -0.15) is 0 Å². The second-order valence-electron chi connectivity index (χ2n) is 6.57. The lowest BCUT2D eigenvalue weighted by atomic mass is 9.99. The van der Waals surface area contributed by atoms with E-state index < -0.39 is 0 Å². The maximum Gasteiger partial charge on any atom is 0.236 e. The molecule has 0 spiro atoms. The summed E-state index contributed by atoms with van der Waals surface area (Å²) < 4.78 is 0. The van der Waals surface area contributed by atoms with Gasteiger partial charge in [0.05, 0.1) is 6.54 Å². The number of hydrogen-bond acceptors (Lipinski definition) is 3. The first-order chi connectivity index (χ1) is 9.63. The van der Waals surface area contributed by atoms with Crippen molar-refractivity contribution in [2.24, 2.45) is 5.92 Å². The summed E-state index contributed by atoms with van der Waals surface area (Å²) in [5.41, 5.74) is 0. The highest BCUT2D eigenvalue weighted by Crippen LogP contribution is 2.17. The van der Waals surface area contributed by atoms with Crippen molar-refractivity contribution in [2.45, 2.75) is 58.5 Å². The minimum absolute atomic E-state index is 0.340. The Morgan fingerprint density at radius 3 is 2.50 bits per heavy atom. The fourth-order valence-electron chi connectivity index (χ4n) is 3.33. The number of rotatable bonds is 4. The van der Waals surface area contributed by atoms with E-state index in [1.54, 1.807) is 0 Å². The van der Waals surface area contributed by atoms with Crippen LogP contribution in [0.2, 0.25) is 0 Å². The molecule has 2 unspecified atom stereocenters. The van der Waals surface area contributed by atoms with Crippen molar-refractivity contribution in [2.75, 3.05) is 32.7 Å². The van der Waals surface area contributed by atoms with Crippen LogP contribution in [-0.2, 0) is 4.79 Å². The van der Waals surface area contributed by atoms with E-state index in [0.717, 1.165) is 44.9 Å². The third kappa shape index (κ3) is 3.95. The molecule has 20 heavy (non-hydrogen) atoms. The summed E-state index contributed by atoms with van der Waals surface area (Å²) >= 11 is 0. The minimum atomic E-state index is 0.340. The predicted molar refractivity (Wildman–Crippen MR) is 82.7 cm³/mol. The quantitative estimate of drug-likeness (QED) is 0.852. The number of nitrogens with one attached hydrogen (secondary N) is 1. The zero-order valence-electron chi connectivity index (χ0n) is 13.4. The fraction of sp³-hybridized carbons (Fsp3) is 0.938. The molecule has 2 aliphatic heterocycles. The summed E-state index contributed by atoms with van der Waals surface area (Å²) in [4.78, 5) is 17.0. The summed E-state index contributed by atoms with van der Waals surface area (Å²) in [5, 5.41) is 3.59. The van der Waals surface area contributed by atoms with Crippen LogP contribution in [0.3, 0.4) is 0 Å². The molecule has 2 atom stereocenters. The maximum atomic E-state index is 12.5. The average molecular weight is 281 g/mol. The SMILES string of the molecule is CCC1CN(CC(=O)N2CCC(C)CC2)C(CC)CN1. The Bertz CT molecular complexity index is 313.